The van der Waals surface area contributed by atoms with Crippen LogP contribution < -0.4 is 0 Å². The topological polar surface area (TPSA) is 70.2 Å². The molecule has 3 rings (SSSR count). The number of aromatic nitrogens is 3. The highest BCUT2D eigenvalue weighted by molar-refractivity contribution is 6.31. The van der Waals surface area contributed by atoms with Crippen LogP contribution in [0.25, 0.3) is 6.08 Å². The number of carbonyl (C=O) groups excluding carboxylic acids is 1. The third-order valence-electron chi connectivity index (χ3n) is 4.36. The number of aryl methyl sites for hydroxylation is 4. The van der Waals surface area contributed by atoms with Crippen LogP contribution in [0.1, 0.15) is 39.7 Å². The van der Waals surface area contributed by atoms with Gasteiger partial charge in [0.05, 0.1) is 17.9 Å². The summed E-state index contributed by atoms with van der Waals surface area (Å²) >= 11 is 6.46. The maximum Gasteiger partial charge on any atom is 0.331 e. The number of ether oxygens (including phenoxy) is 1. The van der Waals surface area contributed by atoms with Crippen LogP contribution in [0.15, 0.2) is 34.8 Å². The second-order valence-corrected chi connectivity index (χ2v) is 6.98. The average Bonchev–Trinajstić information content (AvgIpc) is 3.12. The van der Waals surface area contributed by atoms with Gasteiger partial charge in [-0.3, -0.25) is 0 Å². The standard InChI is InChI=1S/C21H22ClN3O3/c1-13-5-7-17(8-6-13)11-25-21(22)18(15(3)24-25)9-10-20(26)27-12-19-23-14(2)16(4)28-19/h5-10H,11-12H2,1-4H3/b10-9+. The Kier molecular flexibility index (Phi) is 5.99. The lowest BCUT2D eigenvalue weighted by Gasteiger charge is -2.04. The van der Waals surface area contributed by atoms with E-state index in [2.05, 4.69) is 10.1 Å². The fourth-order valence-electron chi connectivity index (χ4n) is 2.66. The lowest BCUT2D eigenvalue weighted by atomic mass is 10.1. The Morgan fingerprint density at radius 2 is 1.89 bits per heavy atom. The van der Waals surface area contributed by atoms with Crippen LogP contribution in [0.4, 0.5) is 0 Å². The average molecular weight is 400 g/mol. The zero-order valence-corrected chi connectivity index (χ0v) is 17.1. The molecule has 0 atom stereocenters. The highest BCUT2D eigenvalue weighted by Gasteiger charge is 2.13. The molecule has 0 saturated carbocycles. The normalized spacial score (nSPS) is 11.3. The van der Waals surface area contributed by atoms with Crippen molar-refractivity contribution in [1.82, 2.24) is 14.8 Å². The first kappa shape index (κ1) is 19.9. The number of carbonyl (C=O) groups is 1. The van der Waals surface area contributed by atoms with E-state index in [0.29, 0.717) is 28.9 Å². The van der Waals surface area contributed by atoms with Crippen LogP contribution in [0.5, 0.6) is 0 Å². The van der Waals surface area contributed by atoms with Crippen molar-refractivity contribution < 1.29 is 13.9 Å². The van der Waals surface area contributed by atoms with Gasteiger partial charge in [0.15, 0.2) is 6.61 Å². The van der Waals surface area contributed by atoms with E-state index in [1.165, 1.54) is 11.6 Å². The summed E-state index contributed by atoms with van der Waals surface area (Å²) in [6.45, 7) is 8.08. The monoisotopic (exact) mass is 399 g/mol. The van der Waals surface area contributed by atoms with E-state index in [4.69, 9.17) is 20.8 Å². The molecule has 0 unspecified atom stereocenters. The number of nitrogens with zero attached hydrogens (tertiary/aromatic N) is 3. The van der Waals surface area contributed by atoms with Gasteiger partial charge in [-0.1, -0.05) is 41.4 Å². The van der Waals surface area contributed by atoms with E-state index in [0.717, 1.165) is 17.0 Å². The predicted octanol–water partition coefficient (Wildman–Crippen LogP) is 4.56. The molecule has 0 amide bonds. The molecule has 0 aliphatic heterocycles. The molecular formula is C21H22ClN3O3. The van der Waals surface area contributed by atoms with Gasteiger partial charge >= 0.3 is 5.97 Å². The number of hydrogen-bond donors (Lipinski definition) is 0. The molecule has 1 aromatic carbocycles. The van der Waals surface area contributed by atoms with Crippen molar-refractivity contribution in [2.45, 2.75) is 40.8 Å². The molecule has 0 radical (unpaired) electrons. The Balaban J connectivity index is 1.65. The molecule has 7 heteroatoms. The Hall–Kier alpha value is -2.86. The summed E-state index contributed by atoms with van der Waals surface area (Å²) in [5, 5.41) is 4.94. The molecular weight excluding hydrogens is 378 g/mol. The maximum absolute atomic E-state index is 12.0. The summed E-state index contributed by atoms with van der Waals surface area (Å²) < 4.78 is 12.3. The van der Waals surface area contributed by atoms with Gasteiger partial charge in [-0.15, -0.1) is 0 Å². The first-order chi connectivity index (χ1) is 13.3. The summed E-state index contributed by atoms with van der Waals surface area (Å²) in [6.07, 6.45) is 2.94. The third kappa shape index (κ3) is 4.70. The minimum atomic E-state index is -0.504. The predicted molar refractivity (Wildman–Crippen MR) is 107 cm³/mol. The number of halogens is 1. The lowest BCUT2D eigenvalue weighted by molar-refractivity contribution is -0.139. The fraction of sp³-hybridized carbons (Fsp3) is 0.286. The van der Waals surface area contributed by atoms with E-state index < -0.39 is 5.97 Å². The van der Waals surface area contributed by atoms with Crippen molar-refractivity contribution in [2.24, 2.45) is 0 Å². The minimum absolute atomic E-state index is 0.0166. The quantitative estimate of drug-likeness (QED) is 0.448. The summed E-state index contributed by atoms with van der Waals surface area (Å²) in [7, 11) is 0. The first-order valence-electron chi connectivity index (χ1n) is 8.89. The number of hydrogen-bond acceptors (Lipinski definition) is 5. The highest BCUT2D eigenvalue weighted by Crippen LogP contribution is 2.22. The molecule has 0 aliphatic rings. The van der Waals surface area contributed by atoms with Crippen LogP contribution in [0.3, 0.4) is 0 Å². The van der Waals surface area contributed by atoms with Crippen molar-refractivity contribution in [3.8, 4) is 0 Å². The van der Waals surface area contributed by atoms with Crippen molar-refractivity contribution in [2.75, 3.05) is 0 Å². The first-order valence-corrected chi connectivity index (χ1v) is 9.27. The Morgan fingerprint density at radius 1 is 1.18 bits per heavy atom. The number of oxazole rings is 1. The second-order valence-electron chi connectivity index (χ2n) is 6.62. The van der Waals surface area contributed by atoms with E-state index in [9.17, 15) is 4.79 Å². The molecule has 2 heterocycles. The maximum atomic E-state index is 12.0. The van der Waals surface area contributed by atoms with Crippen molar-refractivity contribution >= 4 is 23.6 Å². The van der Waals surface area contributed by atoms with E-state index in [-0.39, 0.29) is 6.61 Å². The fourth-order valence-corrected chi connectivity index (χ4v) is 2.96. The Bertz CT molecular complexity index is 997. The Labute approximate surface area is 168 Å². The number of esters is 1. The zero-order valence-electron chi connectivity index (χ0n) is 16.3. The van der Waals surface area contributed by atoms with Crippen molar-refractivity contribution in [1.29, 1.82) is 0 Å². The van der Waals surface area contributed by atoms with Gasteiger partial charge in [0.1, 0.15) is 10.9 Å². The summed E-state index contributed by atoms with van der Waals surface area (Å²) in [5.41, 5.74) is 4.50. The van der Waals surface area contributed by atoms with Gasteiger partial charge in [0.2, 0.25) is 5.89 Å². The Morgan fingerprint density at radius 3 is 2.54 bits per heavy atom. The molecule has 0 spiro atoms. The van der Waals surface area contributed by atoms with Crippen LogP contribution in [0, 0.1) is 27.7 Å². The molecule has 28 heavy (non-hydrogen) atoms. The van der Waals surface area contributed by atoms with E-state index in [1.54, 1.807) is 10.8 Å². The minimum Gasteiger partial charge on any atom is -0.453 e. The van der Waals surface area contributed by atoms with Crippen LogP contribution in [-0.4, -0.2) is 20.7 Å². The molecule has 0 aliphatic carbocycles. The highest BCUT2D eigenvalue weighted by atomic mass is 35.5. The smallest absolute Gasteiger partial charge is 0.331 e. The van der Waals surface area contributed by atoms with Crippen molar-refractivity contribution in [3.05, 3.63) is 75.2 Å². The summed E-state index contributed by atoms with van der Waals surface area (Å²) in [4.78, 5) is 16.2. The molecule has 6 nitrogen and oxygen atoms in total. The van der Waals surface area contributed by atoms with Gasteiger partial charge in [0, 0.05) is 11.6 Å². The van der Waals surface area contributed by atoms with Gasteiger partial charge in [-0.25, -0.2) is 14.5 Å². The molecule has 0 fully saturated rings. The molecule has 2 aromatic heterocycles. The number of benzene rings is 1. The SMILES string of the molecule is Cc1ccc(Cn2nc(C)c(/C=C/C(=O)OCc3nc(C)c(C)o3)c2Cl)cc1. The van der Waals surface area contributed by atoms with Crippen LogP contribution in [-0.2, 0) is 22.7 Å². The molecule has 0 N–H and O–H groups in total. The van der Waals surface area contributed by atoms with Gasteiger partial charge < -0.3 is 9.15 Å². The van der Waals surface area contributed by atoms with Crippen LogP contribution in [0.2, 0.25) is 5.15 Å². The second kappa shape index (κ2) is 8.44. The lowest BCUT2D eigenvalue weighted by Crippen LogP contribution is -2.02. The molecule has 0 saturated heterocycles. The van der Waals surface area contributed by atoms with Gasteiger partial charge in [-0.05, 0) is 39.3 Å². The van der Waals surface area contributed by atoms with Gasteiger partial charge in [-0.2, -0.15) is 5.10 Å². The molecule has 146 valence electrons. The molecule has 0 bridgehead atoms. The third-order valence-corrected chi connectivity index (χ3v) is 4.76. The zero-order chi connectivity index (χ0) is 20.3. The molecule has 3 aromatic rings. The summed E-state index contributed by atoms with van der Waals surface area (Å²) in [5.74, 6) is 0.581. The van der Waals surface area contributed by atoms with Gasteiger partial charge in [0.25, 0.3) is 0 Å². The van der Waals surface area contributed by atoms with E-state index in [1.807, 2.05) is 52.0 Å². The summed E-state index contributed by atoms with van der Waals surface area (Å²) in [6, 6.07) is 8.18. The van der Waals surface area contributed by atoms with Crippen molar-refractivity contribution in [3.63, 3.8) is 0 Å². The van der Waals surface area contributed by atoms with Crippen LogP contribution >= 0.6 is 11.6 Å². The largest absolute Gasteiger partial charge is 0.453 e. The van der Waals surface area contributed by atoms with E-state index >= 15 is 0 Å². The number of rotatable bonds is 6.